The van der Waals surface area contributed by atoms with E-state index in [1.165, 1.54) is 10.7 Å². The van der Waals surface area contributed by atoms with Crippen LogP contribution in [0.3, 0.4) is 0 Å². The minimum Gasteiger partial charge on any atom is -0.476 e. The van der Waals surface area contributed by atoms with E-state index in [0.29, 0.717) is 11.5 Å². The lowest BCUT2D eigenvalue weighted by Crippen LogP contribution is -2.48. The molecule has 3 aromatic heterocycles. The standard InChI is InChI=1S/C35H44F3N7O2S/c1-33(2,35(36,37)38)24-47-29-18-23-45(43-29)32-31(40-20-21-41-32)26-14-8-7-13-25(26)12-6-4-5-9-22-44(27-15-11-19-34(27,3)46)28-16-10-17-30(42-28)48-39/h7-8,10,13-14,16-18,20-21,23,27,46H,4-6,9,11-12,15,19,22,24,39H2,1-3H3. The number of anilines is 1. The fourth-order valence-electron chi connectivity index (χ4n) is 6.13. The molecule has 1 saturated carbocycles. The number of unbranched alkanes of at least 4 members (excludes halogenated alkanes) is 3. The van der Waals surface area contributed by atoms with Gasteiger partial charge in [0, 0.05) is 36.8 Å². The van der Waals surface area contributed by atoms with Crippen molar-refractivity contribution in [2.45, 2.75) is 95.0 Å². The first kappa shape index (κ1) is 35.6. The molecule has 0 saturated heterocycles. The maximum Gasteiger partial charge on any atom is 0.397 e. The molecule has 1 aliphatic rings. The third-order valence-corrected chi connectivity index (χ3v) is 9.52. The summed E-state index contributed by atoms with van der Waals surface area (Å²) < 4.78 is 46.8. The molecule has 1 aliphatic carbocycles. The van der Waals surface area contributed by atoms with Gasteiger partial charge in [-0.25, -0.2) is 14.6 Å². The molecule has 48 heavy (non-hydrogen) atoms. The average molecular weight is 684 g/mol. The summed E-state index contributed by atoms with van der Waals surface area (Å²) in [7, 11) is 0. The molecular weight excluding hydrogens is 639 g/mol. The molecule has 3 N–H and O–H groups in total. The van der Waals surface area contributed by atoms with Crippen molar-refractivity contribution in [2.75, 3.05) is 18.1 Å². The van der Waals surface area contributed by atoms with Gasteiger partial charge in [0.05, 0.1) is 17.1 Å². The molecule has 0 radical (unpaired) electrons. The van der Waals surface area contributed by atoms with Crippen molar-refractivity contribution in [3.63, 3.8) is 0 Å². The maximum absolute atomic E-state index is 13.3. The minimum absolute atomic E-state index is 0.0141. The van der Waals surface area contributed by atoms with E-state index in [4.69, 9.17) is 14.9 Å². The molecule has 258 valence electrons. The quantitative estimate of drug-likeness (QED) is 0.0967. The van der Waals surface area contributed by atoms with E-state index in [2.05, 4.69) is 26.0 Å². The van der Waals surface area contributed by atoms with Gasteiger partial charge in [0.25, 0.3) is 0 Å². The lowest BCUT2D eigenvalue weighted by atomic mass is 9.94. The van der Waals surface area contributed by atoms with Crippen LogP contribution in [0.5, 0.6) is 5.88 Å². The molecule has 0 amide bonds. The second-order valence-electron chi connectivity index (χ2n) is 13.2. The number of ether oxygens (including phenoxy) is 1. The highest BCUT2D eigenvalue weighted by Gasteiger charge is 2.48. The molecule has 2 atom stereocenters. The Kier molecular flexibility index (Phi) is 11.3. The van der Waals surface area contributed by atoms with E-state index >= 15 is 0 Å². The first-order valence-electron chi connectivity index (χ1n) is 16.4. The zero-order chi connectivity index (χ0) is 34.4. The second kappa shape index (κ2) is 15.3. The number of hydrogen-bond donors (Lipinski definition) is 2. The summed E-state index contributed by atoms with van der Waals surface area (Å²) in [6.07, 6.45) is 7.91. The van der Waals surface area contributed by atoms with Crippen molar-refractivity contribution < 1.29 is 23.0 Å². The van der Waals surface area contributed by atoms with E-state index in [1.807, 2.05) is 43.3 Å². The molecule has 13 heteroatoms. The number of rotatable bonds is 15. The van der Waals surface area contributed by atoms with Crippen LogP contribution in [0, 0.1) is 5.41 Å². The Labute approximate surface area is 284 Å². The molecule has 9 nitrogen and oxygen atoms in total. The van der Waals surface area contributed by atoms with E-state index < -0.39 is 23.8 Å². The van der Waals surface area contributed by atoms with Crippen LogP contribution in [0.25, 0.3) is 17.1 Å². The number of benzene rings is 1. The Balaban J connectivity index is 1.21. The van der Waals surface area contributed by atoms with Gasteiger partial charge in [-0.15, -0.1) is 5.10 Å². The number of halogens is 3. The van der Waals surface area contributed by atoms with Crippen molar-refractivity contribution in [3.8, 4) is 23.0 Å². The molecule has 0 bridgehead atoms. The van der Waals surface area contributed by atoms with E-state index in [9.17, 15) is 18.3 Å². The Morgan fingerprint density at radius 2 is 1.81 bits per heavy atom. The van der Waals surface area contributed by atoms with Gasteiger partial charge in [-0.1, -0.05) is 43.2 Å². The minimum atomic E-state index is -4.40. The Morgan fingerprint density at radius 1 is 1.04 bits per heavy atom. The van der Waals surface area contributed by atoms with E-state index in [1.54, 1.807) is 18.6 Å². The van der Waals surface area contributed by atoms with Gasteiger partial charge in [-0.05, 0) is 88.9 Å². The molecular formula is C35H44F3N7O2S. The molecule has 0 aliphatic heterocycles. The molecule has 1 fully saturated rings. The van der Waals surface area contributed by atoms with Gasteiger partial charge >= 0.3 is 6.18 Å². The van der Waals surface area contributed by atoms with Crippen LogP contribution in [0.2, 0.25) is 0 Å². The summed E-state index contributed by atoms with van der Waals surface area (Å²) >= 11 is 1.13. The predicted molar refractivity (Wildman–Crippen MR) is 182 cm³/mol. The molecule has 2 unspecified atom stereocenters. The number of pyridine rings is 1. The predicted octanol–water partition coefficient (Wildman–Crippen LogP) is 7.57. The van der Waals surface area contributed by atoms with E-state index in [0.717, 1.165) is 106 Å². The lowest BCUT2D eigenvalue weighted by molar-refractivity contribution is -0.219. The van der Waals surface area contributed by atoms with Crippen LogP contribution < -0.4 is 14.8 Å². The number of aromatic nitrogens is 5. The number of nitrogens with two attached hydrogens (primary N) is 1. The van der Waals surface area contributed by atoms with Gasteiger partial charge in [0.1, 0.15) is 23.1 Å². The largest absolute Gasteiger partial charge is 0.476 e. The third-order valence-electron chi connectivity index (χ3n) is 9.05. The first-order chi connectivity index (χ1) is 22.9. The maximum atomic E-state index is 13.3. The Hall–Kier alpha value is -3.68. The summed E-state index contributed by atoms with van der Waals surface area (Å²) in [6, 6.07) is 15.4. The summed E-state index contributed by atoms with van der Waals surface area (Å²) in [5.74, 6) is 1.39. The van der Waals surface area contributed by atoms with Crippen molar-refractivity contribution >= 4 is 17.8 Å². The van der Waals surface area contributed by atoms with Crippen LogP contribution in [-0.4, -0.2) is 60.8 Å². The van der Waals surface area contributed by atoms with E-state index in [-0.39, 0.29) is 11.9 Å². The van der Waals surface area contributed by atoms with Crippen LogP contribution >= 0.6 is 11.9 Å². The molecule has 5 rings (SSSR count). The normalized spacial score (nSPS) is 18.3. The molecule has 0 spiro atoms. The first-order valence-corrected chi connectivity index (χ1v) is 17.3. The van der Waals surface area contributed by atoms with Gasteiger partial charge in [-0.3, -0.25) is 10.1 Å². The van der Waals surface area contributed by atoms with Crippen molar-refractivity contribution in [1.82, 2.24) is 24.7 Å². The molecule has 4 aromatic rings. The van der Waals surface area contributed by atoms with Crippen LogP contribution in [-0.2, 0) is 6.42 Å². The topological polar surface area (TPSA) is 115 Å². The number of nitrogens with zero attached hydrogens (tertiary/aromatic N) is 6. The zero-order valence-electron chi connectivity index (χ0n) is 27.7. The molecule has 3 heterocycles. The van der Waals surface area contributed by atoms with Gasteiger partial charge in [0.15, 0.2) is 5.82 Å². The van der Waals surface area contributed by atoms with Gasteiger partial charge in [-0.2, -0.15) is 13.2 Å². The van der Waals surface area contributed by atoms with Crippen LogP contribution in [0.15, 0.2) is 72.1 Å². The molecule has 1 aromatic carbocycles. The number of hydrogen-bond acceptors (Lipinski definition) is 9. The highest BCUT2D eigenvalue weighted by atomic mass is 32.2. The zero-order valence-corrected chi connectivity index (χ0v) is 28.5. The van der Waals surface area contributed by atoms with Gasteiger partial charge in [0.2, 0.25) is 5.88 Å². The fourth-order valence-corrected chi connectivity index (χ4v) is 6.43. The number of aliphatic hydroxyl groups is 1. The van der Waals surface area contributed by atoms with Crippen LogP contribution in [0.1, 0.15) is 71.3 Å². The Morgan fingerprint density at radius 3 is 2.56 bits per heavy atom. The number of aryl methyl sites for hydroxylation is 1. The summed E-state index contributed by atoms with van der Waals surface area (Å²) in [4.78, 5) is 16.1. The van der Waals surface area contributed by atoms with Crippen LogP contribution in [0.4, 0.5) is 19.0 Å². The summed E-state index contributed by atoms with van der Waals surface area (Å²) in [5.41, 5.74) is -0.0984. The highest BCUT2D eigenvalue weighted by Crippen LogP contribution is 2.38. The SMILES string of the molecule is CC1(O)CCCC1N(CCCCCCc1ccccc1-c1nccnc1-n1ccc(OCC(C)(C)C(F)(F)F)n1)c1cccc(SN)n1. The fraction of sp³-hybridized carbons (Fsp3) is 0.486. The van der Waals surface area contributed by atoms with Crippen molar-refractivity contribution in [2.24, 2.45) is 10.6 Å². The monoisotopic (exact) mass is 683 g/mol. The Bertz CT molecular complexity index is 1650. The summed E-state index contributed by atoms with van der Waals surface area (Å²) in [6.45, 7) is 4.36. The lowest BCUT2D eigenvalue weighted by Gasteiger charge is -2.37. The smallest absolute Gasteiger partial charge is 0.397 e. The average Bonchev–Trinajstić information content (AvgIpc) is 3.69. The highest BCUT2D eigenvalue weighted by molar-refractivity contribution is 7.97. The second-order valence-corrected chi connectivity index (χ2v) is 13.9. The van der Waals surface area contributed by atoms with Crippen molar-refractivity contribution in [1.29, 1.82) is 0 Å². The van der Waals surface area contributed by atoms with Crippen molar-refractivity contribution in [3.05, 3.63) is 72.7 Å². The number of alkyl halides is 3. The van der Waals surface area contributed by atoms with Gasteiger partial charge < -0.3 is 14.7 Å². The summed E-state index contributed by atoms with van der Waals surface area (Å²) in [5, 5.41) is 22.0. The third kappa shape index (κ3) is 8.48.